The van der Waals surface area contributed by atoms with Gasteiger partial charge in [0, 0.05) is 82.3 Å². The van der Waals surface area contributed by atoms with Gasteiger partial charge in [-0.3, -0.25) is 0 Å². The first-order valence-electron chi connectivity index (χ1n) is 57.7. The van der Waals surface area contributed by atoms with Crippen molar-refractivity contribution in [3.8, 4) is 0 Å². The molecule has 738 valence electrons. The quantitative estimate of drug-likeness (QED) is 0.0566. The maximum Gasteiger partial charge on any atom is 0.0462 e. The van der Waals surface area contributed by atoms with Gasteiger partial charge in [0.25, 0.3) is 0 Å². The average molecular weight is 1740 g/mol. The summed E-state index contributed by atoms with van der Waals surface area (Å²) in [6.45, 7) is 22.4. The highest BCUT2D eigenvalue weighted by Gasteiger charge is 2.47. The van der Waals surface area contributed by atoms with Gasteiger partial charge in [0.1, 0.15) is 0 Å². The van der Waals surface area contributed by atoms with Crippen LogP contribution in [0.25, 0.3) is 0 Å². The van der Waals surface area contributed by atoms with Crippen LogP contribution in [0, 0.1) is 76.9 Å². The largest absolute Gasteiger partial charge is 0.385 e. The van der Waals surface area contributed by atoms with E-state index in [1.54, 1.807) is 44.9 Å². The molecule has 3 fully saturated rings. The molecule has 0 aromatic rings. The predicted octanol–water partition coefficient (Wildman–Crippen LogP) is 39.2. The van der Waals surface area contributed by atoms with Crippen LogP contribution in [0.15, 0.2) is 0 Å². The first-order valence-corrected chi connectivity index (χ1v) is 57.7. The van der Waals surface area contributed by atoms with Crippen LogP contribution in [-0.4, -0.2) is 82.3 Å². The van der Waals surface area contributed by atoms with Crippen LogP contribution < -0.4 is 0 Å². The highest BCUT2D eigenvalue weighted by atomic mass is 16.5. The molecular weight excluding hydrogens is 1500 g/mol. The number of fused-ring (bicyclic) bond motifs is 1. The molecule has 0 aromatic heterocycles. The van der Waals surface area contributed by atoms with Crippen LogP contribution in [0.5, 0.6) is 0 Å². The van der Waals surface area contributed by atoms with Gasteiger partial charge in [0.15, 0.2) is 0 Å². The number of methoxy groups -OCH3 is 6. The monoisotopic (exact) mass is 1740 g/mol. The molecule has 0 saturated heterocycles. The topological polar surface area (TPSA) is 55.4 Å². The number of hydrogen-bond donors (Lipinski definition) is 0. The van der Waals surface area contributed by atoms with Crippen molar-refractivity contribution in [3.05, 3.63) is 0 Å². The summed E-state index contributed by atoms with van der Waals surface area (Å²) < 4.78 is 31.5. The van der Waals surface area contributed by atoms with Gasteiger partial charge >= 0.3 is 0 Å². The molecule has 0 bridgehead atoms. The maximum atomic E-state index is 5.27. The van der Waals surface area contributed by atoms with Crippen LogP contribution in [0.4, 0.5) is 0 Å². The number of ether oxygens (including phenoxy) is 6. The minimum atomic E-state index is 0.938. The lowest BCUT2D eigenvalue weighted by Crippen LogP contribution is -2.45. The summed E-state index contributed by atoms with van der Waals surface area (Å²) in [4.78, 5) is 0. The van der Waals surface area contributed by atoms with Gasteiger partial charge in [-0.1, -0.05) is 498 Å². The Kier molecular flexibility index (Phi) is 94.6. The summed E-state index contributed by atoms with van der Waals surface area (Å²) in [7, 11) is 11.0. The molecule has 0 heterocycles. The van der Waals surface area contributed by atoms with Crippen molar-refractivity contribution in [2.24, 2.45) is 76.9 Å². The number of rotatable bonds is 93. The van der Waals surface area contributed by atoms with E-state index in [9.17, 15) is 0 Å². The lowest BCUT2D eigenvalue weighted by Gasteiger charge is -2.53. The Balaban J connectivity index is 0.000000924. The minimum absolute atomic E-state index is 0.938. The van der Waals surface area contributed by atoms with Gasteiger partial charge in [-0.05, 0) is 173 Å². The van der Waals surface area contributed by atoms with E-state index in [1.807, 2.05) is 42.7 Å². The zero-order valence-corrected chi connectivity index (χ0v) is 87.3. The molecule has 3 aliphatic carbocycles. The van der Waals surface area contributed by atoms with E-state index in [4.69, 9.17) is 28.4 Å². The molecule has 0 aromatic carbocycles. The molecule has 3 saturated carbocycles. The summed E-state index contributed by atoms with van der Waals surface area (Å²) in [5.41, 5.74) is 0. The second-order valence-electron chi connectivity index (χ2n) is 42.2. The zero-order chi connectivity index (χ0) is 89.1. The fraction of sp³-hybridized carbons (Fsp3) is 1.00. The van der Waals surface area contributed by atoms with Gasteiger partial charge in [-0.15, -0.1) is 0 Å². The second-order valence-corrected chi connectivity index (χ2v) is 42.2. The summed E-state index contributed by atoms with van der Waals surface area (Å²) in [6.07, 6.45) is 123. The number of hydrogen-bond acceptors (Lipinski definition) is 6. The maximum absolute atomic E-state index is 5.27. The lowest BCUT2D eigenvalue weighted by molar-refractivity contribution is -0.0344. The first-order chi connectivity index (χ1) is 60.7. The van der Waals surface area contributed by atoms with Crippen molar-refractivity contribution >= 4 is 0 Å². The van der Waals surface area contributed by atoms with Crippen LogP contribution in [-0.2, 0) is 28.4 Å². The molecule has 0 N–H and O–H groups in total. The zero-order valence-electron chi connectivity index (χ0n) is 87.3. The molecule has 0 spiro atoms. The standard InChI is InChI=1S/C41H80O2.C38H76O2.C38H78O2/c1-6-8-10-20-26-36-33-38-32-35(3)39(28-22-16-12-14-18-24-30-42-4)40(29-23-17-13-15-19-25-31-43-5)41(38)34-37(36)27-21-11-9-7-2;1-5-7-9-11-17-23-29-37-35(27-21-10-8-6-2)31-32-36(28-22-16-12-14-19-25-33-39-3)38(37)30-24-18-13-15-20-26-34-40-4;1-5-7-9-11-13-19-25-31-37(33-27-21-15-17-23-29-35-39-3)38(32-26-20-14-12-10-8-6-2)34-28-22-16-18-24-30-36-40-4/h35-41H,6-34H2,1-5H3;35-38H,5-34H2,1-4H3;37-38H,5-36H2,1-4H3. The molecule has 123 heavy (non-hydrogen) atoms. The van der Waals surface area contributed by atoms with E-state index in [0.29, 0.717) is 0 Å². The van der Waals surface area contributed by atoms with Crippen LogP contribution in [0.2, 0.25) is 0 Å². The highest BCUT2D eigenvalue weighted by Crippen LogP contribution is 2.56. The van der Waals surface area contributed by atoms with E-state index in [0.717, 1.165) is 117 Å². The third kappa shape index (κ3) is 71.1. The molecular formula is C117H234O6. The van der Waals surface area contributed by atoms with Crippen LogP contribution >= 0.6 is 0 Å². The van der Waals surface area contributed by atoms with Gasteiger partial charge in [-0.2, -0.15) is 0 Å². The second kappa shape index (κ2) is 96.3. The van der Waals surface area contributed by atoms with Crippen molar-refractivity contribution < 1.29 is 28.4 Å². The molecule has 0 amide bonds. The van der Waals surface area contributed by atoms with Gasteiger partial charge in [0.05, 0.1) is 0 Å². The van der Waals surface area contributed by atoms with Crippen LogP contribution in [0.3, 0.4) is 0 Å². The molecule has 0 aliphatic heterocycles. The Bertz CT molecular complexity index is 1890. The number of unbranched alkanes of at least 4 members (excludes halogenated alkanes) is 56. The van der Waals surface area contributed by atoms with Crippen molar-refractivity contribution in [2.75, 3.05) is 82.3 Å². The summed E-state index contributed by atoms with van der Waals surface area (Å²) in [5, 5.41) is 0. The van der Waals surface area contributed by atoms with Crippen molar-refractivity contribution in [1.82, 2.24) is 0 Å². The molecule has 13 atom stereocenters. The fourth-order valence-electron chi connectivity index (χ4n) is 24.2. The predicted molar refractivity (Wildman–Crippen MR) is 549 cm³/mol. The Morgan fingerprint density at radius 2 is 0.382 bits per heavy atom. The minimum Gasteiger partial charge on any atom is -0.385 e. The van der Waals surface area contributed by atoms with Gasteiger partial charge < -0.3 is 28.4 Å². The van der Waals surface area contributed by atoms with Gasteiger partial charge in [-0.25, -0.2) is 0 Å². The van der Waals surface area contributed by atoms with Crippen molar-refractivity contribution in [2.45, 2.75) is 594 Å². The summed E-state index contributed by atoms with van der Waals surface area (Å²) in [6, 6.07) is 0. The Labute approximate surface area is 777 Å². The SMILES string of the molecule is CCCCCCC1CC2CC(C)C(CCCCCCCCOC)C(CCCCCCCCOC)C2CC1CCCCCC.CCCCCCCCC1C(CCCCCC)CCC(CCCCCCCCOC)C1CCCCCCCCOC.CCCCCCCCCC(CCCCCCCCOC)C(CCCCCCCCC)CCCCCCCCOC. The van der Waals surface area contributed by atoms with Crippen molar-refractivity contribution in [1.29, 1.82) is 0 Å². The summed E-state index contributed by atoms with van der Waals surface area (Å²) in [5.74, 6) is 13.2. The first kappa shape index (κ1) is 121. The smallest absolute Gasteiger partial charge is 0.0462 e. The third-order valence-corrected chi connectivity index (χ3v) is 31.8. The van der Waals surface area contributed by atoms with Gasteiger partial charge in [0.2, 0.25) is 0 Å². The Hall–Kier alpha value is -0.240. The van der Waals surface area contributed by atoms with E-state index in [-0.39, 0.29) is 0 Å². The molecule has 3 aliphatic rings. The molecule has 0 radical (unpaired) electrons. The summed E-state index contributed by atoms with van der Waals surface area (Å²) >= 11 is 0. The molecule has 13 unspecified atom stereocenters. The highest BCUT2D eigenvalue weighted by molar-refractivity contribution is 4.97. The molecule has 3 rings (SSSR count). The van der Waals surface area contributed by atoms with E-state index < -0.39 is 0 Å². The lowest BCUT2D eigenvalue weighted by atomic mass is 9.52. The average Bonchev–Trinajstić information content (AvgIpc) is 0.770. The van der Waals surface area contributed by atoms with E-state index >= 15 is 0 Å². The van der Waals surface area contributed by atoms with E-state index in [1.165, 1.54) is 501 Å². The van der Waals surface area contributed by atoms with Crippen molar-refractivity contribution in [3.63, 3.8) is 0 Å². The third-order valence-electron chi connectivity index (χ3n) is 31.8. The van der Waals surface area contributed by atoms with E-state index in [2.05, 4.69) is 48.5 Å². The Morgan fingerprint density at radius 1 is 0.187 bits per heavy atom. The molecule has 6 heteroatoms. The Morgan fingerprint density at radius 3 is 0.642 bits per heavy atom. The van der Waals surface area contributed by atoms with Crippen LogP contribution in [0.1, 0.15) is 594 Å². The fourth-order valence-corrected chi connectivity index (χ4v) is 24.2. The molecule has 6 nitrogen and oxygen atoms in total. The normalized spacial score (nSPS) is 20.8.